The van der Waals surface area contributed by atoms with Crippen LogP contribution in [0.15, 0.2) is 0 Å². The zero-order chi connectivity index (χ0) is 11.8. The molecule has 1 saturated heterocycles. The number of nitrogens with two attached hydrogens (primary N) is 1. The molecular weight excluding hydrogens is 198 g/mol. The third-order valence-corrected chi connectivity index (χ3v) is 3.62. The van der Waals surface area contributed by atoms with Crippen molar-refractivity contribution >= 4 is 0 Å². The molecule has 16 heavy (non-hydrogen) atoms. The lowest BCUT2D eigenvalue weighted by atomic mass is 10.1. The quantitative estimate of drug-likeness (QED) is 0.670. The minimum absolute atomic E-state index is 0.739. The number of rotatable bonds is 7. The maximum Gasteiger partial charge on any atom is 0.0195 e. The van der Waals surface area contributed by atoms with Gasteiger partial charge >= 0.3 is 0 Å². The molecule has 3 nitrogen and oxygen atoms in total. The van der Waals surface area contributed by atoms with Gasteiger partial charge in [0.15, 0.2) is 0 Å². The fourth-order valence-electron chi connectivity index (χ4n) is 2.50. The molecule has 1 heterocycles. The van der Waals surface area contributed by atoms with Crippen molar-refractivity contribution in [3.05, 3.63) is 0 Å². The van der Waals surface area contributed by atoms with E-state index in [2.05, 4.69) is 23.8 Å². The Kier molecular flexibility index (Phi) is 7.01. The molecule has 0 radical (unpaired) electrons. The molecule has 1 aliphatic rings. The average Bonchev–Trinajstić information content (AvgIpc) is 2.26. The van der Waals surface area contributed by atoms with Crippen LogP contribution in [0.3, 0.4) is 0 Å². The predicted molar refractivity (Wildman–Crippen MR) is 70.7 cm³/mol. The molecule has 0 aromatic carbocycles. The van der Waals surface area contributed by atoms with E-state index >= 15 is 0 Å². The standard InChI is InChI=1S/C13H29N3/c1-13-12-15(2)10-11-16(13)9-7-5-3-4-6-8-14/h13H,3-12,14H2,1-2H3. The molecule has 0 aromatic rings. The van der Waals surface area contributed by atoms with Crippen LogP contribution in [0.1, 0.15) is 39.0 Å². The first-order chi connectivity index (χ1) is 7.74. The van der Waals surface area contributed by atoms with Crippen molar-refractivity contribution in [1.29, 1.82) is 0 Å². The monoisotopic (exact) mass is 227 g/mol. The molecule has 0 spiro atoms. The van der Waals surface area contributed by atoms with Gasteiger partial charge in [-0.15, -0.1) is 0 Å². The minimum atomic E-state index is 0.739. The number of hydrogen-bond donors (Lipinski definition) is 1. The summed E-state index contributed by atoms with van der Waals surface area (Å²) in [7, 11) is 2.22. The Hall–Kier alpha value is -0.120. The Morgan fingerprint density at radius 3 is 2.44 bits per heavy atom. The van der Waals surface area contributed by atoms with Gasteiger partial charge in [0.1, 0.15) is 0 Å². The van der Waals surface area contributed by atoms with E-state index in [0.717, 1.165) is 12.6 Å². The van der Waals surface area contributed by atoms with Gasteiger partial charge in [0.25, 0.3) is 0 Å². The van der Waals surface area contributed by atoms with E-state index in [1.54, 1.807) is 0 Å². The highest BCUT2D eigenvalue weighted by Crippen LogP contribution is 2.10. The summed E-state index contributed by atoms with van der Waals surface area (Å²) in [6.07, 6.45) is 6.61. The average molecular weight is 227 g/mol. The van der Waals surface area contributed by atoms with E-state index in [-0.39, 0.29) is 0 Å². The lowest BCUT2D eigenvalue weighted by Crippen LogP contribution is -2.50. The van der Waals surface area contributed by atoms with Crippen molar-refractivity contribution in [3.8, 4) is 0 Å². The van der Waals surface area contributed by atoms with Gasteiger partial charge in [-0.1, -0.05) is 19.3 Å². The Bertz CT molecular complexity index is 173. The maximum absolute atomic E-state index is 5.48. The molecule has 1 unspecified atom stereocenters. The summed E-state index contributed by atoms with van der Waals surface area (Å²) < 4.78 is 0. The van der Waals surface area contributed by atoms with Crippen molar-refractivity contribution in [2.24, 2.45) is 5.73 Å². The van der Waals surface area contributed by atoms with E-state index in [1.807, 2.05) is 0 Å². The number of piperazine rings is 1. The van der Waals surface area contributed by atoms with Crippen LogP contribution in [-0.4, -0.2) is 55.6 Å². The molecular formula is C13H29N3. The van der Waals surface area contributed by atoms with Gasteiger partial charge in [0.05, 0.1) is 0 Å². The lowest BCUT2D eigenvalue weighted by Gasteiger charge is -2.38. The van der Waals surface area contributed by atoms with Gasteiger partial charge in [-0.25, -0.2) is 0 Å². The van der Waals surface area contributed by atoms with Crippen molar-refractivity contribution in [2.75, 3.05) is 39.8 Å². The Balaban J connectivity index is 2.00. The third kappa shape index (κ3) is 5.28. The van der Waals surface area contributed by atoms with Gasteiger partial charge in [0.2, 0.25) is 0 Å². The SMILES string of the molecule is CC1CN(C)CCN1CCCCCCCN. The van der Waals surface area contributed by atoms with Gasteiger partial charge in [-0.2, -0.15) is 0 Å². The lowest BCUT2D eigenvalue weighted by molar-refractivity contribution is 0.0984. The first-order valence-electron chi connectivity index (χ1n) is 6.86. The maximum atomic E-state index is 5.48. The van der Waals surface area contributed by atoms with Crippen LogP contribution in [0.25, 0.3) is 0 Å². The molecule has 3 heteroatoms. The summed E-state index contributed by atoms with van der Waals surface area (Å²) in [6, 6.07) is 0.739. The summed E-state index contributed by atoms with van der Waals surface area (Å²) in [5.74, 6) is 0. The second-order valence-electron chi connectivity index (χ2n) is 5.20. The Labute approximate surface area is 101 Å². The molecule has 1 rings (SSSR count). The van der Waals surface area contributed by atoms with Crippen molar-refractivity contribution in [2.45, 2.75) is 45.1 Å². The van der Waals surface area contributed by atoms with Gasteiger partial charge in [0, 0.05) is 25.7 Å². The van der Waals surface area contributed by atoms with E-state index in [1.165, 1.54) is 58.3 Å². The summed E-state index contributed by atoms with van der Waals surface area (Å²) >= 11 is 0. The first-order valence-corrected chi connectivity index (χ1v) is 6.86. The zero-order valence-corrected chi connectivity index (χ0v) is 11.1. The van der Waals surface area contributed by atoms with Gasteiger partial charge in [-0.3, -0.25) is 4.90 Å². The highest BCUT2D eigenvalue weighted by Gasteiger charge is 2.20. The highest BCUT2D eigenvalue weighted by atomic mass is 15.3. The number of likely N-dealkylation sites (N-methyl/N-ethyl adjacent to an activating group) is 1. The normalized spacial score (nSPS) is 23.8. The smallest absolute Gasteiger partial charge is 0.0195 e. The molecule has 2 N–H and O–H groups in total. The van der Waals surface area contributed by atoms with Gasteiger partial charge < -0.3 is 10.6 Å². The molecule has 0 aromatic heterocycles. The second kappa shape index (κ2) is 8.04. The van der Waals surface area contributed by atoms with Crippen LogP contribution in [-0.2, 0) is 0 Å². The molecule has 1 atom stereocenters. The number of hydrogen-bond acceptors (Lipinski definition) is 3. The summed E-state index contributed by atoms with van der Waals surface area (Å²) in [5.41, 5.74) is 5.48. The second-order valence-corrected chi connectivity index (χ2v) is 5.20. The van der Waals surface area contributed by atoms with Gasteiger partial charge in [-0.05, 0) is 39.9 Å². The van der Waals surface area contributed by atoms with E-state index in [4.69, 9.17) is 5.73 Å². The largest absolute Gasteiger partial charge is 0.330 e. The van der Waals surface area contributed by atoms with Crippen LogP contribution in [0.2, 0.25) is 0 Å². The minimum Gasteiger partial charge on any atom is -0.330 e. The summed E-state index contributed by atoms with van der Waals surface area (Å²) in [5, 5.41) is 0. The van der Waals surface area contributed by atoms with E-state index in [0.29, 0.717) is 0 Å². The summed E-state index contributed by atoms with van der Waals surface area (Å²) in [6.45, 7) is 8.21. The molecule has 1 fully saturated rings. The Morgan fingerprint density at radius 2 is 1.75 bits per heavy atom. The highest BCUT2D eigenvalue weighted by molar-refractivity contribution is 4.76. The van der Waals surface area contributed by atoms with E-state index < -0.39 is 0 Å². The molecule has 96 valence electrons. The van der Waals surface area contributed by atoms with Crippen molar-refractivity contribution in [3.63, 3.8) is 0 Å². The molecule has 0 aliphatic carbocycles. The van der Waals surface area contributed by atoms with Crippen LogP contribution in [0.5, 0.6) is 0 Å². The molecule has 1 aliphatic heterocycles. The van der Waals surface area contributed by atoms with Crippen molar-refractivity contribution < 1.29 is 0 Å². The first kappa shape index (κ1) is 13.9. The fraction of sp³-hybridized carbons (Fsp3) is 1.00. The van der Waals surface area contributed by atoms with Crippen LogP contribution in [0.4, 0.5) is 0 Å². The molecule has 0 saturated carbocycles. The molecule has 0 amide bonds. The van der Waals surface area contributed by atoms with Crippen molar-refractivity contribution in [1.82, 2.24) is 9.80 Å². The Morgan fingerprint density at radius 1 is 1.06 bits per heavy atom. The third-order valence-electron chi connectivity index (χ3n) is 3.62. The fourth-order valence-corrected chi connectivity index (χ4v) is 2.50. The number of nitrogens with zero attached hydrogens (tertiary/aromatic N) is 2. The van der Waals surface area contributed by atoms with Crippen LogP contribution in [0, 0.1) is 0 Å². The topological polar surface area (TPSA) is 32.5 Å². The predicted octanol–water partition coefficient (Wildman–Crippen LogP) is 1.53. The summed E-state index contributed by atoms with van der Waals surface area (Å²) in [4.78, 5) is 5.07. The zero-order valence-electron chi connectivity index (χ0n) is 11.1. The van der Waals surface area contributed by atoms with E-state index in [9.17, 15) is 0 Å². The van der Waals surface area contributed by atoms with Crippen LogP contribution >= 0.6 is 0 Å². The molecule has 0 bridgehead atoms. The number of unbranched alkanes of at least 4 members (excludes halogenated alkanes) is 4. The van der Waals surface area contributed by atoms with Crippen LogP contribution < -0.4 is 5.73 Å².